The van der Waals surface area contributed by atoms with Crippen LogP contribution in [0.5, 0.6) is 0 Å². The molecule has 2 aromatic heterocycles. The van der Waals surface area contributed by atoms with E-state index in [9.17, 15) is 14.4 Å². The second kappa shape index (κ2) is 5.82. The van der Waals surface area contributed by atoms with Crippen molar-refractivity contribution >= 4 is 27.5 Å². The molecule has 0 bridgehead atoms. The SMILES string of the molecule is COC[C@@H](C)NC(=O)c1cc2c(=O)n(C)c(=O)n(C)c2s1. The lowest BCUT2D eigenvalue weighted by Gasteiger charge is -2.11. The number of methoxy groups -OCH3 is 1. The van der Waals surface area contributed by atoms with Crippen LogP contribution in [-0.4, -0.2) is 34.8 Å². The normalized spacial score (nSPS) is 12.6. The smallest absolute Gasteiger partial charge is 0.331 e. The summed E-state index contributed by atoms with van der Waals surface area (Å²) < 4.78 is 7.36. The molecule has 0 aliphatic carbocycles. The summed E-state index contributed by atoms with van der Waals surface area (Å²) in [6, 6.07) is 1.38. The Labute approximate surface area is 124 Å². The van der Waals surface area contributed by atoms with Crippen LogP contribution in [0.3, 0.4) is 0 Å². The summed E-state index contributed by atoms with van der Waals surface area (Å²) in [5.74, 6) is -0.282. The fourth-order valence-corrected chi connectivity index (χ4v) is 3.07. The molecule has 1 amide bonds. The Morgan fingerprint density at radius 2 is 2.05 bits per heavy atom. The number of thiophene rings is 1. The van der Waals surface area contributed by atoms with E-state index in [1.165, 1.54) is 17.7 Å². The molecule has 1 atom stereocenters. The van der Waals surface area contributed by atoms with Gasteiger partial charge in [-0.15, -0.1) is 11.3 Å². The number of aryl methyl sites for hydroxylation is 1. The van der Waals surface area contributed by atoms with Gasteiger partial charge in [0.05, 0.1) is 16.9 Å². The number of hydrogen-bond donors (Lipinski definition) is 1. The molecule has 0 spiro atoms. The van der Waals surface area contributed by atoms with E-state index in [0.717, 1.165) is 15.9 Å². The van der Waals surface area contributed by atoms with Gasteiger partial charge in [-0.1, -0.05) is 0 Å². The minimum Gasteiger partial charge on any atom is -0.383 e. The predicted molar refractivity (Wildman–Crippen MR) is 81.1 cm³/mol. The molecule has 0 saturated carbocycles. The van der Waals surface area contributed by atoms with E-state index in [4.69, 9.17) is 4.74 Å². The Hall–Kier alpha value is -1.93. The van der Waals surface area contributed by atoms with Gasteiger partial charge in [0, 0.05) is 27.2 Å². The number of aromatic nitrogens is 2. The van der Waals surface area contributed by atoms with Crippen molar-refractivity contribution < 1.29 is 9.53 Å². The van der Waals surface area contributed by atoms with Crippen LogP contribution in [0.4, 0.5) is 0 Å². The van der Waals surface area contributed by atoms with Gasteiger partial charge in [0.2, 0.25) is 0 Å². The van der Waals surface area contributed by atoms with Gasteiger partial charge in [-0.2, -0.15) is 0 Å². The zero-order chi connectivity index (χ0) is 15.7. The molecule has 2 rings (SSSR count). The predicted octanol–water partition coefficient (Wildman–Crippen LogP) is 0.0634. The van der Waals surface area contributed by atoms with Gasteiger partial charge in [0.25, 0.3) is 11.5 Å². The van der Waals surface area contributed by atoms with Crippen LogP contribution in [0.15, 0.2) is 15.7 Å². The molecular formula is C13H17N3O4S. The highest BCUT2D eigenvalue weighted by Crippen LogP contribution is 2.21. The fourth-order valence-electron chi connectivity index (χ4n) is 2.06. The van der Waals surface area contributed by atoms with Crippen molar-refractivity contribution in [2.24, 2.45) is 14.1 Å². The minimum absolute atomic E-state index is 0.139. The third-order valence-electron chi connectivity index (χ3n) is 3.14. The van der Waals surface area contributed by atoms with Crippen LogP contribution in [0.2, 0.25) is 0 Å². The van der Waals surface area contributed by atoms with Crippen molar-refractivity contribution in [3.05, 3.63) is 31.8 Å². The number of hydrogen-bond acceptors (Lipinski definition) is 5. The van der Waals surface area contributed by atoms with Crippen molar-refractivity contribution in [1.29, 1.82) is 0 Å². The molecule has 0 aliphatic heterocycles. The zero-order valence-electron chi connectivity index (χ0n) is 12.3. The molecule has 114 valence electrons. The summed E-state index contributed by atoms with van der Waals surface area (Å²) >= 11 is 1.13. The Bertz CT molecular complexity index is 802. The van der Waals surface area contributed by atoms with Crippen molar-refractivity contribution in [2.45, 2.75) is 13.0 Å². The number of amides is 1. The Morgan fingerprint density at radius 1 is 1.38 bits per heavy atom. The number of ether oxygens (including phenoxy) is 1. The average molecular weight is 311 g/mol. The first-order valence-electron chi connectivity index (χ1n) is 6.36. The van der Waals surface area contributed by atoms with Crippen LogP contribution in [-0.2, 0) is 18.8 Å². The molecule has 1 N–H and O–H groups in total. The van der Waals surface area contributed by atoms with Gasteiger partial charge >= 0.3 is 5.69 Å². The summed E-state index contributed by atoms with van der Waals surface area (Å²) in [6.45, 7) is 2.22. The second-order valence-corrected chi connectivity index (χ2v) is 5.90. The number of rotatable bonds is 4. The Balaban J connectivity index is 2.47. The summed E-state index contributed by atoms with van der Waals surface area (Å²) in [5, 5.41) is 3.15. The van der Waals surface area contributed by atoms with Crippen LogP contribution in [0.25, 0.3) is 10.2 Å². The highest BCUT2D eigenvalue weighted by molar-refractivity contribution is 7.20. The Kier molecular flexibility index (Phi) is 4.29. The third kappa shape index (κ3) is 2.77. The first-order chi connectivity index (χ1) is 9.86. The van der Waals surface area contributed by atoms with E-state index in [2.05, 4.69) is 5.32 Å². The maximum atomic E-state index is 12.1. The van der Waals surface area contributed by atoms with Gasteiger partial charge in [0.1, 0.15) is 4.83 Å². The van der Waals surface area contributed by atoms with E-state index in [1.54, 1.807) is 14.2 Å². The first kappa shape index (κ1) is 15.5. The molecule has 0 saturated heterocycles. The molecule has 2 heterocycles. The molecule has 0 unspecified atom stereocenters. The molecule has 2 aromatic rings. The standard InChI is InChI=1S/C13H17N3O4S/c1-7(6-20-4)14-10(17)9-5-8-11(18)15(2)13(19)16(3)12(8)21-9/h5,7H,6H2,1-4H3,(H,14,17)/t7-/m1/s1. The fraction of sp³-hybridized carbons (Fsp3) is 0.462. The maximum absolute atomic E-state index is 12.1. The van der Waals surface area contributed by atoms with E-state index in [1.807, 2.05) is 6.92 Å². The number of carbonyl (C=O) groups is 1. The number of carbonyl (C=O) groups excluding carboxylic acids is 1. The first-order valence-corrected chi connectivity index (χ1v) is 7.17. The lowest BCUT2D eigenvalue weighted by molar-refractivity contribution is 0.0909. The molecule has 8 heteroatoms. The van der Waals surface area contributed by atoms with E-state index < -0.39 is 11.2 Å². The lowest BCUT2D eigenvalue weighted by Crippen LogP contribution is -2.36. The highest BCUT2D eigenvalue weighted by Gasteiger charge is 2.17. The van der Waals surface area contributed by atoms with Crippen LogP contribution >= 0.6 is 11.3 Å². The van der Waals surface area contributed by atoms with Crippen molar-refractivity contribution in [3.8, 4) is 0 Å². The van der Waals surface area contributed by atoms with Crippen molar-refractivity contribution in [2.75, 3.05) is 13.7 Å². The van der Waals surface area contributed by atoms with Crippen LogP contribution in [0, 0.1) is 0 Å². The van der Waals surface area contributed by atoms with Crippen LogP contribution < -0.4 is 16.6 Å². The van der Waals surface area contributed by atoms with Crippen molar-refractivity contribution in [3.63, 3.8) is 0 Å². The van der Waals surface area contributed by atoms with Gasteiger partial charge in [-0.25, -0.2) is 4.79 Å². The molecule has 0 aliphatic rings. The third-order valence-corrected chi connectivity index (χ3v) is 4.35. The molecule has 21 heavy (non-hydrogen) atoms. The minimum atomic E-state index is -0.408. The van der Waals surface area contributed by atoms with Crippen LogP contribution in [0.1, 0.15) is 16.6 Å². The summed E-state index contributed by atoms with van der Waals surface area (Å²) in [5.41, 5.74) is -0.803. The van der Waals surface area contributed by atoms with Gasteiger partial charge in [0.15, 0.2) is 0 Å². The summed E-state index contributed by atoms with van der Waals surface area (Å²) in [4.78, 5) is 37.0. The molecule has 0 radical (unpaired) electrons. The summed E-state index contributed by atoms with van der Waals surface area (Å²) in [6.07, 6.45) is 0. The molecule has 7 nitrogen and oxygen atoms in total. The van der Waals surface area contributed by atoms with E-state index >= 15 is 0 Å². The van der Waals surface area contributed by atoms with Crippen molar-refractivity contribution in [1.82, 2.24) is 14.5 Å². The molecular weight excluding hydrogens is 294 g/mol. The number of nitrogens with one attached hydrogen (secondary N) is 1. The van der Waals surface area contributed by atoms with Gasteiger partial charge in [-0.05, 0) is 13.0 Å². The zero-order valence-corrected chi connectivity index (χ0v) is 13.1. The summed E-state index contributed by atoms with van der Waals surface area (Å²) in [7, 11) is 4.56. The number of fused-ring (bicyclic) bond motifs is 1. The van der Waals surface area contributed by atoms with Gasteiger partial charge in [-0.3, -0.25) is 18.7 Å². The van der Waals surface area contributed by atoms with E-state index in [0.29, 0.717) is 21.7 Å². The molecule has 0 fully saturated rings. The largest absolute Gasteiger partial charge is 0.383 e. The Morgan fingerprint density at radius 3 is 2.67 bits per heavy atom. The number of nitrogens with zero attached hydrogens (tertiary/aromatic N) is 2. The lowest BCUT2D eigenvalue weighted by atomic mass is 10.3. The monoisotopic (exact) mass is 311 g/mol. The molecule has 0 aromatic carbocycles. The van der Waals surface area contributed by atoms with E-state index in [-0.39, 0.29) is 11.9 Å². The van der Waals surface area contributed by atoms with Gasteiger partial charge < -0.3 is 10.1 Å². The average Bonchev–Trinajstić information content (AvgIpc) is 2.88. The second-order valence-electron chi connectivity index (χ2n) is 4.87. The maximum Gasteiger partial charge on any atom is 0.331 e. The topological polar surface area (TPSA) is 82.3 Å². The highest BCUT2D eigenvalue weighted by atomic mass is 32.1. The quantitative estimate of drug-likeness (QED) is 0.866.